The van der Waals surface area contributed by atoms with Crippen LogP contribution in [-0.4, -0.2) is 37.0 Å². The third-order valence-electron chi connectivity index (χ3n) is 4.22. The summed E-state index contributed by atoms with van der Waals surface area (Å²) < 4.78 is 5.26. The van der Waals surface area contributed by atoms with Crippen molar-refractivity contribution in [2.75, 3.05) is 20.2 Å². The van der Waals surface area contributed by atoms with Crippen LogP contribution in [-0.2, 0) is 11.3 Å². The molecule has 0 aliphatic heterocycles. The van der Waals surface area contributed by atoms with Gasteiger partial charge in [0.25, 0.3) is 5.91 Å². The summed E-state index contributed by atoms with van der Waals surface area (Å²) in [5, 5.41) is 0. The fourth-order valence-electron chi connectivity index (χ4n) is 3.12. The number of nitrogens with two attached hydrogens (primary N) is 2. The monoisotopic (exact) mass is 291 g/mol. The molecule has 1 fully saturated rings. The first-order chi connectivity index (χ1) is 10.1. The molecule has 0 radical (unpaired) electrons. The molecule has 1 aliphatic carbocycles. The van der Waals surface area contributed by atoms with Crippen LogP contribution in [0.15, 0.2) is 24.3 Å². The molecule has 1 aliphatic rings. The molecule has 0 aromatic heterocycles. The van der Waals surface area contributed by atoms with Crippen LogP contribution in [0.4, 0.5) is 0 Å². The van der Waals surface area contributed by atoms with Crippen LogP contribution in [0.25, 0.3) is 0 Å². The molecule has 0 bridgehead atoms. The Labute approximate surface area is 126 Å². The van der Waals surface area contributed by atoms with Gasteiger partial charge >= 0.3 is 0 Å². The Balaban J connectivity index is 1.89. The molecule has 0 spiro atoms. The number of primary amides is 1. The third-order valence-corrected chi connectivity index (χ3v) is 4.22. The molecular formula is C16H25N3O2. The fraction of sp³-hybridized carbons (Fsp3) is 0.562. The van der Waals surface area contributed by atoms with E-state index >= 15 is 0 Å². The molecule has 4 N–H and O–H groups in total. The number of carbonyl (C=O) groups excluding carboxylic acids is 1. The normalized spacial score (nSPS) is 21.7. The average molecular weight is 291 g/mol. The van der Waals surface area contributed by atoms with E-state index in [1.54, 1.807) is 0 Å². The Kier molecular flexibility index (Phi) is 5.59. The van der Waals surface area contributed by atoms with E-state index in [0.717, 1.165) is 13.1 Å². The molecule has 21 heavy (non-hydrogen) atoms. The highest BCUT2D eigenvalue weighted by molar-refractivity contribution is 5.75. The standard InChI is InChI=1S/C16H25N3O2/c1-19(15-4-2-3-13(15)9-17)10-12-5-7-14(8-6-12)21-11-16(18)20/h5-8,13,15H,2-4,9-11,17H2,1H3,(H2,18,20). The van der Waals surface area contributed by atoms with Gasteiger partial charge in [-0.25, -0.2) is 0 Å². The van der Waals surface area contributed by atoms with Crippen molar-refractivity contribution in [2.45, 2.75) is 31.8 Å². The van der Waals surface area contributed by atoms with E-state index in [2.05, 4.69) is 11.9 Å². The minimum absolute atomic E-state index is 0.0838. The van der Waals surface area contributed by atoms with Crippen LogP contribution in [0.3, 0.4) is 0 Å². The predicted molar refractivity (Wildman–Crippen MR) is 82.8 cm³/mol. The van der Waals surface area contributed by atoms with E-state index in [-0.39, 0.29) is 6.61 Å². The van der Waals surface area contributed by atoms with E-state index in [1.165, 1.54) is 24.8 Å². The first kappa shape index (κ1) is 15.8. The van der Waals surface area contributed by atoms with Crippen molar-refractivity contribution < 1.29 is 9.53 Å². The topological polar surface area (TPSA) is 81.6 Å². The molecule has 1 amide bonds. The summed E-state index contributed by atoms with van der Waals surface area (Å²) in [7, 11) is 2.16. The van der Waals surface area contributed by atoms with Crippen LogP contribution < -0.4 is 16.2 Å². The zero-order chi connectivity index (χ0) is 15.2. The predicted octanol–water partition coefficient (Wildman–Crippen LogP) is 1.11. The highest BCUT2D eigenvalue weighted by Crippen LogP contribution is 2.29. The molecule has 2 unspecified atom stereocenters. The molecule has 1 aromatic rings. The highest BCUT2D eigenvalue weighted by Gasteiger charge is 2.29. The lowest BCUT2D eigenvalue weighted by molar-refractivity contribution is -0.119. The summed E-state index contributed by atoms with van der Waals surface area (Å²) in [5.41, 5.74) is 12.1. The Bertz CT molecular complexity index is 461. The molecule has 1 aromatic carbocycles. The average Bonchev–Trinajstić information content (AvgIpc) is 2.95. The van der Waals surface area contributed by atoms with Crippen LogP contribution in [0, 0.1) is 5.92 Å². The van der Waals surface area contributed by atoms with Gasteiger partial charge in [0.1, 0.15) is 5.75 Å². The van der Waals surface area contributed by atoms with Crippen molar-refractivity contribution >= 4 is 5.91 Å². The number of nitrogens with zero attached hydrogens (tertiary/aromatic N) is 1. The molecule has 0 saturated heterocycles. The van der Waals surface area contributed by atoms with Gasteiger partial charge in [-0.1, -0.05) is 18.6 Å². The number of benzene rings is 1. The number of rotatable bonds is 7. The molecule has 5 heteroatoms. The van der Waals surface area contributed by atoms with Gasteiger partial charge in [-0.2, -0.15) is 0 Å². The van der Waals surface area contributed by atoms with Gasteiger partial charge in [0.05, 0.1) is 0 Å². The highest BCUT2D eigenvalue weighted by atomic mass is 16.5. The first-order valence-corrected chi connectivity index (χ1v) is 7.50. The molecule has 2 atom stereocenters. The minimum atomic E-state index is -0.465. The van der Waals surface area contributed by atoms with Gasteiger partial charge in [-0.15, -0.1) is 0 Å². The lowest BCUT2D eigenvalue weighted by atomic mass is 10.0. The number of carbonyl (C=O) groups is 1. The summed E-state index contributed by atoms with van der Waals surface area (Å²) in [6.07, 6.45) is 3.75. The van der Waals surface area contributed by atoms with Gasteiger partial charge in [0.2, 0.25) is 0 Å². The summed E-state index contributed by atoms with van der Waals surface area (Å²) in [5.74, 6) is 0.821. The second-order valence-electron chi connectivity index (χ2n) is 5.81. The third kappa shape index (κ3) is 4.44. The van der Waals surface area contributed by atoms with E-state index in [1.807, 2.05) is 24.3 Å². The Morgan fingerprint density at radius 3 is 2.67 bits per heavy atom. The van der Waals surface area contributed by atoms with Crippen LogP contribution in [0.1, 0.15) is 24.8 Å². The quantitative estimate of drug-likeness (QED) is 0.788. The SMILES string of the molecule is CN(Cc1ccc(OCC(N)=O)cc1)C1CCCC1CN. The second kappa shape index (κ2) is 7.43. The zero-order valence-corrected chi connectivity index (χ0v) is 12.6. The van der Waals surface area contributed by atoms with Gasteiger partial charge < -0.3 is 16.2 Å². The van der Waals surface area contributed by atoms with Gasteiger partial charge in [-0.3, -0.25) is 9.69 Å². The smallest absolute Gasteiger partial charge is 0.255 e. The lowest BCUT2D eigenvalue weighted by Crippen LogP contribution is -2.37. The fourth-order valence-corrected chi connectivity index (χ4v) is 3.12. The summed E-state index contributed by atoms with van der Waals surface area (Å²) >= 11 is 0. The minimum Gasteiger partial charge on any atom is -0.484 e. The number of hydrogen-bond donors (Lipinski definition) is 2. The van der Waals surface area contributed by atoms with Crippen molar-refractivity contribution in [2.24, 2.45) is 17.4 Å². The Hall–Kier alpha value is -1.59. The summed E-state index contributed by atoms with van der Waals surface area (Å²) in [6.45, 7) is 1.59. The van der Waals surface area contributed by atoms with Crippen molar-refractivity contribution in [1.29, 1.82) is 0 Å². The lowest BCUT2D eigenvalue weighted by Gasteiger charge is -2.29. The maximum atomic E-state index is 10.7. The molecule has 116 valence electrons. The van der Waals surface area contributed by atoms with Crippen molar-refractivity contribution in [3.05, 3.63) is 29.8 Å². The number of hydrogen-bond acceptors (Lipinski definition) is 4. The first-order valence-electron chi connectivity index (χ1n) is 7.50. The van der Waals surface area contributed by atoms with Crippen molar-refractivity contribution in [3.8, 4) is 5.75 Å². The summed E-state index contributed by atoms with van der Waals surface area (Å²) in [6, 6.07) is 8.39. The molecule has 2 rings (SSSR count). The Morgan fingerprint density at radius 1 is 1.33 bits per heavy atom. The second-order valence-corrected chi connectivity index (χ2v) is 5.81. The van der Waals surface area contributed by atoms with Gasteiger partial charge in [0, 0.05) is 12.6 Å². The maximum Gasteiger partial charge on any atom is 0.255 e. The van der Waals surface area contributed by atoms with E-state index in [4.69, 9.17) is 16.2 Å². The molecule has 0 heterocycles. The molecular weight excluding hydrogens is 266 g/mol. The maximum absolute atomic E-state index is 10.7. The van der Waals surface area contributed by atoms with Crippen molar-refractivity contribution in [1.82, 2.24) is 4.90 Å². The van der Waals surface area contributed by atoms with E-state index in [9.17, 15) is 4.79 Å². The van der Waals surface area contributed by atoms with Gasteiger partial charge in [0.15, 0.2) is 6.61 Å². The molecule has 1 saturated carbocycles. The van der Waals surface area contributed by atoms with Crippen LogP contribution in [0.5, 0.6) is 5.75 Å². The van der Waals surface area contributed by atoms with Crippen LogP contribution in [0.2, 0.25) is 0 Å². The number of ether oxygens (including phenoxy) is 1. The largest absolute Gasteiger partial charge is 0.484 e. The van der Waals surface area contributed by atoms with Crippen LogP contribution >= 0.6 is 0 Å². The van der Waals surface area contributed by atoms with Gasteiger partial charge in [-0.05, 0) is 50.0 Å². The summed E-state index contributed by atoms with van der Waals surface area (Å²) in [4.78, 5) is 13.1. The zero-order valence-electron chi connectivity index (χ0n) is 12.6. The van der Waals surface area contributed by atoms with Crippen molar-refractivity contribution in [3.63, 3.8) is 0 Å². The molecule has 5 nitrogen and oxygen atoms in total. The van der Waals surface area contributed by atoms with E-state index in [0.29, 0.717) is 17.7 Å². The Morgan fingerprint density at radius 2 is 2.05 bits per heavy atom. The number of amides is 1. The van der Waals surface area contributed by atoms with E-state index < -0.39 is 5.91 Å².